The van der Waals surface area contributed by atoms with Gasteiger partial charge in [-0.15, -0.1) is 11.3 Å². The van der Waals surface area contributed by atoms with Gasteiger partial charge < -0.3 is 5.11 Å². The molecule has 0 aliphatic rings. The molecule has 0 amide bonds. The summed E-state index contributed by atoms with van der Waals surface area (Å²) >= 11 is 1.37. The van der Waals surface area contributed by atoms with E-state index in [1.807, 2.05) is 26.0 Å². The molecule has 0 spiro atoms. The first kappa shape index (κ1) is 12.5. The Hall–Kier alpha value is -1.95. The summed E-state index contributed by atoms with van der Waals surface area (Å²) in [5.41, 5.74) is 3.03. The highest BCUT2D eigenvalue weighted by Gasteiger charge is 2.12. The van der Waals surface area contributed by atoms with Gasteiger partial charge in [-0.25, -0.2) is 9.78 Å². The fourth-order valence-corrected chi connectivity index (χ4v) is 2.46. The smallest absolute Gasteiger partial charge is 0.355 e. The summed E-state index contributed by atoms with van der Waals surface area (Å²) in [6.07, 6.45) is 3.72. The lowest BCUT2D eigenvalue weighted by Crippen LogP contribution is -1.98. The van der Waals surface area contributed by atoms with Crippen LogP contribution in [0.15, 0.2) is 0 Å². The summed E-state index contributed by atoms with van der Waals surface area (Å²) in [5, 5.41) is 16.6. The first-order valence-electron chi connectivity index (χ1n) is 5.39. The largest absolute Gasteiger partial charge is 0.476 e. The molecule has 0 radical (unpaired) electrons. The van der Waals surface area contributed by atoms with E-state index < -0.39 is 5.97 Å². The van der Waals surface area contributed by atoms with Crippen LogP contribution in [0.1, 0.15) is 37.3 Å². The molecule has 5 nitrogen and oxygen atoms in total. The lowest BCUT2D eigenvalue weighted by Gasteiger charge is -1.90. The van der Waals surface area contributed by atoms with Crippen LogP contribution in [0.3, 0.4) is 0 Å². The topological polar surface area (TPSA) is 78.9 Å². The van der Waals surface area contributed by atoms with Crippen LogP contribution >= 0.6 is 11.3 Å². The van der Waals surface area contributed by atoms with Crippen molar-refractivity contribution in [2.75, 3.05) is 0 Å². The van der Waals surface area contributed by atoms with Crippen molar-refractivity contribution in [3.05, 3.63) is 32.5 Å². The molecule has 0 aliphatic heterocycles. The fourth-order valence-electron chi connectivity index (χ4n) is 1.65. The van der Waals surface area contributed by atoms with Gasteiger partial charge in [0.25, 0.3) is 0 Å². The predicted octanol–water partition coefficient (Wildman–Crippen LogP) is 2.66. The molecule has 0 saturated heterocycles. The van der Waals surface area contributed by atoms with Crippen LogP contribution in [0.5, 0.6) is 0 Å². The zero-order valence-corrected chi connectivity index (χ0v) is 11.1. The van der Waals surface area contributed by atoms with Gasteiger partial charge in [-0.1, -0.05) is 0 Å². The fraction of sp³-hybridized carbons (Fsp3) is 0.250. The lowest BCUT2D eigenvalue weighted by atomic mass is 10.2. The van der Waals surface area contributed by atoms with Gasteiger partial charge in [0.2, 0.25) is 0 Å². The molecular weight excluding hydrogens is 250 g/mol. The SMILES string of the molecule is Cc1n[nH]c(C)c1/C=C/c1nc(C(=O)O)c(C)s1. The van der Waals surface area contributed by atoms with Crippen molar-refractivity contribution >= 4 is 29.5 Å². The lowest BCUT2D eigenvalue weighted by molar-refractivity contribution is 0.0690. The second-order valence-corrected chi connectivity index (χ2v) is 5.18. The number of carbonyl (C=O) groups is 1. The van der Waals surface area contributed by atoms with Crippen molar-refractivity contribution < 1.29 is 9.90 Å². The maximum Gasteiger partial charge on any atom is 0.355 e. The van der Waals surface area contributed by atoms with E-state index in [1.165, 1.54) is 11.3 Å². The number of hydrogen-bond acceptors (Lipinski definition) is 4. The Kier molecular flexibility index (Phi) is 3.29. The number of H-pyrrole nitrogens is 1. The number of aromatic nitrogens is 3. The Balaban J connectivity index is 2.30. The second kappa shape index (κ2) is 4.73. The maximum atomic E-state index is 10.9. The highest BCUT2D eigenvalue weighted by atomic mass is 32.1. The van der Waals surface area contributed by atoms with E-state index in [4.69, 9.17) is 5.11 Å². The minimum atomic E-state index is -0.987. The van der Waals surface area contributed by atoms with Gasteiger partial charge in [0.05, 0.1) is 5.69 Å². The number of hydrogen-bond donors (Lipinski definition) is 2. The zero-order chi connectivity index (χ0) is 13.3. The number of nitrogens with zero attached hydrogens (tertiary/aromatic N) is 2. The third-order valence-electron chi connectivity index (χ3n) is 2.59. The van der Waals surface area contributed by atoms with Crippen molar-refractivity contribution in [1.29, 1.82) is 0 Å². The summed E-state index contributed by atoms with van der Waals surface area (Å²) in [4.78, 5) is 15.7. The molecule has 0 saturated carbocycles. The minimum Gasteiger partial charge on any atom is -0.476 e. The molecule has 2 rings (SSSR count). The van der Waals surface area contributed by atoms with E-state index in [-0.39, 0.29) is 5.69 Å². The average Bonchev–Trinajstić information content (AvgIpc) is 2.81. The summed E-state index contributed by atoms with van der Waals surface area (Å²) < 4.78 is 0. The molecule has 2 aromatic rings. The molecule has 0 unspecified atom stereocenters. The highest BCUT2D eigenvalue weighted by molar-refractivity contribution is 7.12. The number of carboxylic acids is 1. The van der Waals surface area contributed by atoms with Crippen LogP contribution in [0.2, 0.25) is 0 Å². The Morgan fingerprint density at radius 2 is 2.06 bits per heavy atom. The Morgan fingerprint density at radius 1 is 1.33 bits per heavy atom. The van der Waals surface area contributed by atoms with Crippen LogP contribution in [0, 0.1) is 20.8 Å². The molecule has 0 fully saturated rings. The Morgan fingerprint density at radius 3 is 2.56 bits per heavy atom. The molecule has 2 N–H and O–H groups in total. The maximum absolute atomic E-state index is 10.9. The van der Waals surface area contributed by atoms with Gasteiger partial charge >= 0.3 is 5.97 Å². The Bertz CT molecular complexity index is 606. The van der Waals surface area contributed by atoms with Crippen LogP contribution in [0.4, 0.5) is 0 Å². The van der Waals surface area contributed by atoms with E-state index in [1.54, 1.807) is 6.92 Å². The van der Waals surface area contributed by atoms with Crippen molar-refractivity contribution in [2.45, 2.75) is 20.8 Å². The molecule has 2 heterocycles. The predicted molar refractivity (Wildman–Crippen MR) is 70.8 cm³/mol. The highest BCUT2D eigenvalue weighted by Crippen LogP contribution is 2.20. The van der Waals surface area contributed by atoms with Crippen LogP contribution in [-0.2, 0) is 0 Å². The van der Waals surface area contributed by atoms with Crippen LogP contribution < -0.4 is 0 Å². The molecular formula is C12H13N3O2S. The molecule has 0 bridgehead atoms. The molecule has 0 aliphatic carbocycles. The third-order valence-corrected chi connectivity index (χ3v) is 3.53. The summed E-state index contributed by atoms with van der Waals surface area (Å²) in [5.74, 6) is -0.987. The Labute approximate surface area is 108 Å². The van der Waals surface area contributed by atoms with E-state index in [0.717, 1.165) is 17.0 Å². The van der Waals surface area contributed by atoms with Gasteiger partial charge in [0.15, 0.2) is 5.69 Å². The first-order chi connectivity index (χ1) is 8.49. The summed E-state index contributed by atoms with van der Waals surface area (Å²) in [6.45, 7) is 5.61. The van der Waals surface area contributed by atoms with E-state index in [9.17, 15) is 4.79 Å². The van der Waals surface area contributed by atoms with E-state index >= 15 is 0 Å². The quantitative estimate of drug-likeness (QED) is 0.892. The van der Waals surface area contributed by atoms with Gasteiger partial charge in [0.1, 0.15) is 5.01 Å². The molecule has 18 heavy (non-hydrogen) atoms. The third kappa shape index (κ3) is 2.33. The number of aromatic carboxylic acids is 1. The van der Waals surface area contributed by atoms with Crippen molar-refractivity contribution in [3.63, 3.8) is 0 Å². The molecule has 0 atom stereocenters. The number of aromatic amines is 1. The monoisotopic (exact) mass is 263 g/mol. The average molecular weight is 263 g/mol. The van der Waals surface area contributed by atoms with E-state index in [2.05, 4.69) is 15.2 Å². The van der Waals surface area contributed by atoms with Crippen molar-refractivity contribution in [1.82, 2.24) is 15.2 Å². The summed E-state index contributed by atoms with van der Waals surface area (Å²) in [6, 6.07) is 0. The number of rotatable bonds is 3. The standard InChI is InChI=1S/C12H13N3O2S/c1-6-9(7(2)15-14-6)4-5-10-13-11(12(16)17)8(3)18-10/h4-5H,1-3H3,(H,14,15)(H,16,17)/b5-4+. The van der Waals surface area contributed by atoms with Gasteiger partial charge in [-0.2, -0.15) is 5.10 Å². The minimum absolute atomic E-state index is 0.125. The van der Waals surface area contributed by atoms with Crippen LogP contribution in [0.25, 0.3) is 12.2 Å². The van der Waals surface area contributed by atoms with Crippen molar-refractivity contribution in [3.8, 4) is 0 Å². The second-order valence-electron chi connectivity index (χ2n) is 3.94. The molecule has 0 aromatic carbocycles. The number of thiazole rings is 1. The number of carboxylic acid groups (broad SMARTS) is 1. The normalized spacial score (nSPS) is 11.3. The van der Waals surface area contributed by atoms with Crippen LogP contribution in [-0.4, -0.2) is 26.3 Å². The number of aryl methyl sites for hydroxylation is 3. The molecule has 94 valence electrons. The zero-order valence-electron chi connectivity index (χ0n) is 10.3. The molecule has 6 heteroatoms. The van der Waals surface area contributed by atoms with E-state index in [0.29, 0.717) is 9.88 Å². The summed E-state index contributed by atoms with van der Waals surface area (Å²) in [7, 11) is 0. The van der Waals surface area contributed by atoms with Gasteiger partial charge in [-0.3, -0.25) is 5.10 Å². The van der Waals surface area contributed by atoms with Gasteiger partial charge in [0, 0.05) is 16.1 Å². The van der Waals surface area contributed by atoms with Crippen molar-refractivity contribution in [2.24, 2.45) is 0 Å². The molecule has 2 aromatic heterocycles. The van der Waals surface area contributed by atoms with Gasteiger partial charge in [-0.05, 0) is 32.9 Å². The number of nitrogens with one attached hydrogen (secondary N) is 1. The first-order valence-corrected chi connectivity index (χ1v) is 6.21.